The number of hydrogen-bond donors (Lipinski definition) is 1. The largest absolute Gasteiger partial charge is 0.466 e. The highest BCUT2D eigenvalue weighted by atomic mass is 16.5. The molecule has 122 valence electrons. The summed E-state index contributed by atoms with van der Waals surface area (Å²) in [5.41, 5.74) is 0.893. The molecule has 0 spiro atoms. The molecule has 0 radical (unpaired) electrons. The molecular formula is C17H20N2O4. The lowest BCUT2D eigenvalue weighted by Gasteiger charge is -2.33. The van der Waals surface area contributed by atoms with Crippen LogP contribution in [0.4, 0.5) is 0 Å². The zero-order valence-corrected chi connectivity index (χ0v) is 13.0. The second-order valence-electron chi connectivity index (χ2n) is 5.09. The molecule has 1 atom stereocenters. The van der Waals surface area contributed by atoms with Gasteiger partial charge >= 0.3 is 5.97 Å². The number of carbonyl (C=O) groups is 3. The fraction of sp³-hybridized carbons (Fsp3) is 0.353. The van der Waals surface area contributed by atoms with Crippen LogP contribution in [0, 0.1) is 0 Å². The van der Waals surface area contributed by atoms with E-state index < -0.39 is 12.0 Å². The van der Waals surface area contributed by atoms with E-state index in [1.165, 1.54) is 11.0 Å². The number of amides is 2. The summed E-state index contributed by atoms with van der Waals surface area (Å²) in [4.78, 5) is 37.4. The number of benzene rings is 1. The van der Waals surface area contributed by atoms with Gasteiger partial charge in [-0.15, -0.1) is 0 Å². The highest BCUT2D eigenvalue weighted by molar-refractivity contribution is 5.97. The average molecular weight is 316 g/mol. The Bertz CT molecular complexity index is 598. The van der Waals surface area contributed by atoms with Gasteiger partial charge in [-0.25, -0.2) is 0 Å². The van der Waals surface area contributed by atoms with Gasteiger partial charge in [0.25, 0.3) is 0 Å². The monoisotopic (exact) mass is 316 g/mol. The van der Waals surface area contributed by atoms with Gasteiger partial charge < -0.3 is 15.0 Å². The quantitative estimate of drug-likeness (QED) is 0.649. The highest BCUT2D eigenvalue weighted by Crippen LogP contribution is 2.12. The van der Waals surface area contributed by atoms with Crippen molar-refractivity contribution in [3.8, 4) is 0 Å². The number of rotatable bonds is 5. The summed E-state index contributed by atoms with van der Waals surface area (Å²) in [5, 5.41) is 2.67. The first-order chi connectivity index (χ1) is 11.1. The third-order valence-electron chi connectivity index (χ3n) is 3.50. The van der Waals surface area contributed by atoms with E-state index in [2.05, 4.69) is 5.32 Å². The second-order valence-corrected chi connectivity index (χ2v) is 5.09. The summed E-state index contributed by atoms with van der Waals surface area (Å²) in [7, 11) is 0. The third kappa shape index (κ3) is 4.67. The molecule has 0 bridgehead atoms. The molecule has 2 rings (SSSR count). The first-order valence-corrected chi connectivity index (χ1v) is 7.59. The Balaban J connectivity index is 2.07. The molecule has 6 heteroatoms. The van der Waals surface area contributed by atoms with Crippen LogP contribution < -0.4 is 5.32 Å². The number of piperazine rings is 1. The van der Waals surface area contributed by atoms with E-state index in [0.717, 1.165) is 5.56 Å². The van der Waals surface area contributed by atoms with Gasteiger partial charge in [-0.2, -0.15) is 0 Å². The van der Waals surface area contributed by atoms with Crippen LogP contribution in [0.15, 0.2) is 36.4 Å². The number of ether oxygens (including phenoxy) is 1. The molecule has 0 aliphatic carbocycles. The van der Waals surface area contributed by atoms with Crippen molar-refractivity contribution < 1.29 is 19.1 Å². The number of hydrogen-bond acceptors (Lipinski definition) is 4. The molecule has 6 nitrogen and oxygen atoms in total. The summed E-state index contributed by atoms with van der Waals surface area (Å²) in [6.07, 6.45) is 2.98. The smallest absolute Gasteiger partial charge is 0.308 e. The van der Waals surface area contributed by atoms with E-state index >= 15 is 0 Å². The van der Waals surface area contributed by atoms with Crippen LogP contribution >= 0.6 is 0 Å². The lowest BCUT2D eigenvalue weighted by molar-refractivity contribution is -0.150. The molecule has 1 aromatic carbocycles. The predicted octanol–water partition coefficient (Wildman–Crippen LogP) is 0.980. The molecule has 1 N–H and O–H groups in total. The summed E-state index contributed by atoms with van der Waals surface area (Å²) >= 11 is 0. The molecule has 1 aromatic rings. The summed E-state index contributed by atoms with van der Waals surface area (Å²) in [6, 6.07) is 8.58. The van der Waals surface area contributed by atoms with Gasteiger partial charge in [-0.3, -0.25) is 14.4 Å². The normalized spacial score (nSPS) is 17.9. The van der Waals surface area contributed by atoms with Crippen molar-refractivity contribution in [2.75, 3.05) is 19.7 Å². The van der Waals surface area contributed by atoms with Crippen LogP contribution in [0.5, 0.6) is 0 Å². The Hall–Kier alpha value is -2.63. The van der Waals surface area contributed by atoms with Gasteiger partial charge in [-0.1, -0.05) is 30.3 Å². The molecule has 1 aliphatic rings. The van der Waals surface area contributed by atoms with Crippen LogP contribution in [0.3, 0.4) is 0 Å². The van der Waals surface area contributed by atoms with Gasteiger partial charge in [-0.05, 0) is 18.6 Å². The minimum absolute atomic E-state index is 0.134. The summed E-state index contributed by atoms with van der Waals surface area (Å²) < 4.78 is 4.88. The second kappa shape index (κ2) is 8.12. The van der Waals surface area contributed by atoms with E-state index in [9.17, 15) is 14.4 Å². The first-order valence-electron chi connectivity index (χ1n) is 7.59. The summed E-state index contributed by atoms with van der Waals surface area (Å²) in [6.45, 7) is 2.69. The minimum Gasteiger partial charge on any atom is -0.466 e. The molecule has 0 saturated carbocycles. The minimum atomic E-state index is -0.823. The van der Waals surface area contributed by atoms with Gasteiger partial charge in [0.05, 0.1) is 13.0 Å². The van der Waals surface area contributed by atoms with Crippen molar-refractivity contribution in [3.05, 3.63) is 42.0 Å². The molecular weight excluding hydrogens is 296 g/mol. The number of nitrogens with zero attached hydrogens (tertiary/aromatic N) is 1. The standard InChI is InChI=1S/C17H20N2O4/c1-2-23-16(21)12-14-17(22)18-10-11-19(14)15(20)9-8-13-6-4-3-5-7-13/h3-9,14H,2,10-12H2,1H3,(H,18,22)/b9-8+/t14-/m0/s1. The Morgan fingerprint density at radius 2 is 2.09 bits per heavy atom. The lowest BCUT2D eigenvalue weighted by Crippen LogP contribution is -2.57. The van der Waals surface area contributed by atoms with E-state index in [1.54, 1.807) is 13.0 Å². The van der Waals surface area contributed by atoms with Crippen LogP contribution in [-0.2, 0) is 19.1 Å². The van der Waals surface area contributed by atoms with E-state index in [0.29, 0.717) is 13.1 Å². The van der Waals surface area contributed by atoms with Crippen molar-refractivity contribution in [2.24, 2.45) is 0 Å². The van der Waals surface area contributed by atoms with Gasteiger partial charge in [0.2, 0.25) is 11.8 Å². The molecule has 1 fully saturated rings. The lowest BCUT2D eigenvalue weighted by atomic mass is 10.1. The van der Waals surface area contributed by atoms with Gasteiger partial charge in [0.1, 0.15) is 6.04 Å². The molecule has 0 unspecified atom stereocenters. The molecule has 1 saturated heterocycles. The van der Waals surface area contributed by atoms with Gasteiger partial charge in [0, 0.05) is 19.2 Å². The average Bonchev–Trinajstić information content (AvgIpc) is 2.55. The predicted molar refractivity (Wildman–Crippen MR) is 85.2 cm³/mol. The van der Waals surface area contributed by atoms with Gasteiger partial charge in [0.15, 0.2) is 0 Å². The van der Waals surface area contributed by atoms with Crippen LogP contribution in [-0.4, -0.2) is 48.4 Å². The molecule has 1 aliphatic heterocycles. The summed E-state index contributed by atoms with van der Waals surface area (Å²) in [5.74, 6) is -1.11. The topological polar surface area (TPSA) is 75.7 Å². The molecule has 1 heterocycles. The highest BCUT2D eigenvalue weighted by Gasteiger charge is 2.34. The maximum absolute atomic E-state index is 12.4. The Kier molecular flexibility index (Phi) is 5.91. The van der Waals surface area contributed by atoms with E-state index in [-0.39, 0.29) is 24.8 Å². The SMILES string of the molecule is CCOC(=O)C[C@H]1C(=O)NCCN1C(=O)/C=C/c1ccccc1. The Labute approximate surface area is 135 Å². The number of carbonyl (C=O) groups excluding carboxylic acids is 3. The van der Waals surface area contributed by atoms with Crippen LogP contribution in [0.2, 0.25) is 0 Å². The number of esters is 1. The maximum atomic E-state index is 12.4. The molecule has 2 amide bonds. The van der Waals surface area contributed by atoms with Crippen molar-refractivity contribution in [2.45, 2.75) is 19.4 Å². The van der Waals surface area contributed by atoms with Crippen LogP contribution in [0.25, 0.3) is 6.08 Å². The zero-order chi connectivity index (χ0) is 16.7. The van der Waals surface area contributed by atoms with Crippen molar-refractivity contribution in [1.82, 2.24) is 10.2 Å². The fourth-order valence-electron chi connectivity index (χ4n) is 2.39. The molecule has 0 aromatic heterocycles. The Morgan fingerprint density at radius 1 is 1.35 bits per heavy atom. The van der Waals surface area contributed by atoms with Crippen molar-refractivity contribution >= 4 is 23.9 Å². The number of nitrogens with one attached hydrogen (secondary N) is 1. The third-order valence-corrected chi connectivity index (χ3v) is 3.50. The molecule has 23 heavy (non-hydrogen) atoms. The van der Waals surface area contributed by atoms with Crippen LogP contribution in [0.1, 0.15) is 18.9 Å². The zero-order valence-electron chi connectivity index (χ0n) is 13.0. The van der Waals surface area contributed by atoms with E-state index in [4.69, 9.17) is 4.74 Å². The first kappa shape index (κ1) is 16.7. The Morgan fingerprint density at radius 3 is 2.78 bits per heavy atom. The van der Waals surface area contributed by atoms with Crippen molar-refractivity contribution in [3.63, 3.8) is 0 Å². The maximum Gasteiger partial charge on any atom is 0.308 e. The fourth-order valence-corrected chi connectivity index (χ4v) is 2.39. The van der Waals surface area contributed by atoms with E-state index in [1.807, 2.05) is 30.3 Å². The van der Waals surface area contributed by atoms with Crippen molar-refractivity contribution in [1.29, 1.82) is 0 Å².